The lowest BCUT2D eigenvalue weighted by Gasteiger charge is -2.32. The Morgan fingerprint density at radius 3 is 2.96 bits per heavy atom. The summed E-state index contributed by atoms with van der Waals surface area (Å²) < 4.78 is 13.6. The standard InChI is InChI=1S/C18H19Cl2FN2OS/c19-15-8-16(20)17(21)7-14(15)18(24)22-9-12-3-1-5-23(10-12)11-13-4-2-6-25-13/h2,4,6-8,12H,1,3,5,9-11H2,(H,22,24). The van der Waals surface area contributed by atoms with Gasteiger partial charge in [0.25, 0.3) is 5.91 Å². The maximum Gasteiger partial charge on any atom is 0.252 e. The van der Waals surface area contributed by atoms with E-state index >= 15 is 0 Å². The molecular weight excluding hydrogens is 382 g/mol. The van der Waals surface area contributed by atoms with Crippen molar-refractivity contribution in [1.82, 2.24) is 10.2 Å². The van der Waals surface area contributed by atoms with E-state index in [9.17, 15) is 9.18 Å². The van der Waals surface area contributed by atoms with Crippen molar-refractivity contribution in [3.8, 4) is 0 Å². The average Bonchev–Trinajstić information content (AvgIpc) is 3.09. The van der Waals surface area contributed by atoms with Crippen LogP contribution in [0.3, 0.4) is 0 Å². The predicted molar refractivity (Wildman–Crippen MR) is 101 cm³/mol. The zero-order valence-electron chi connectivity index (χ0n) is 13.6. The fourth-order valence-corrected chi connectivity index (χ4v) is 4.33. The van der Waals surface area contributed by atoms with Gasteiger partial charge in [0.2, 0.25) is 0 Å². The second kappa shape index (κ2) is 8.49. The van der Waals surface area contributed by atoms with E-state index < -0.39 is 5.82 Å². The Hall–Kier alpha value is -1.14. The number of benzene rings is 1. The molecule has 1 aromatic carbocycles. The molecule has 0 radical (unpaired) electrons. The zero-order valence-corrected chi connectivity index (χ0v) is 15.9. The number of nitrogens with one attached hydrogen (secondary N) is 1. The molecule has 25 heavy (non-hydrogen) atoms. The SMILES string of the molecule is O=C(NCC1CCCN(Cc2cccs2)C1)c1cc(F)c(Cl)cc1Cl. The van der Waals surface area contributed by atoms with E-state index in [0.29, 0.717) is 12.5 Å². The number of rotatable bonds is 5. The third-order valence-electron chi connectivity index (χ3n) is 4.37. The monoisotopic (exact) mass is 400 g/mol. The van der Waals surface area contributed by atoms with Crippen LogP contribution >= 0.6 is 34.5 Å². The molecule has 3 rings (SSSR count). The summed E-state index contributed by atoms with van der Waals surface area (Å²) in [6.45, 7) is 3.54. The third kappa shape index (κ3) is 4.94. The molecule has 1 atom stereocenters. The number of carbonyl (C=O) groups excluding carboxylic acids is 1. The van der Waals surface area contributed by atoms with E-state index in [4.69, 9.17) is 23.2 Å². The lowest BCUT2D eigenvalue weighted by molar-refractivity contribution is 0.0930. The first kappa shape index (κ1) is 18.6. The number of piperidine rings is 1. The number of nitrogens with zero attached hydrogens (tertiary/aromatic N) is 1. The van der Waals surface area contributed by atoms with Crippen LogP contribution in [0.15, 0.2) is 29.6 Å². The second-order valence-corrected chi connectivity index (χ2v) is 8.13. The van der Waals surface area contributed by atoms with Gasteiger partial charge in [-0.2, -0.15) is 0 Å². The molecule has 1 N–H and O–H groups in total. The Morgan fingerprint density at radius 2 is 2.20 bits per heavy atom. The summed E-state index contributed by atoms with van der Waals surface area (Å²) >= 11 is 13.4. The van der Waals surface area contributed by atoms with Crippen LogP contribution in [-0.4, -0.2) is 30.4 Å². The van der Waals surface area contributed by atoms with Crippen LogP contribution in [0.25, 0.3) is 0 Å². The van der Waals surface area contributed by atoms with Crippen molar-refractivity contribution in [2.24, 2.45) is 5.92 Å². The van der Waals surface area contributed by atoms with E-state index in [2.05, 4.69) is 27.7 Å². The lowest BCUT2D eigenvalue weighted by Crippen LogP contribution is -2.40. The smallest absolute Gasteiger partial charge is 0.252 e. The van der Waals surface area contributed by atoms with Gasteiger partial charge in [0.05, 0.1) is 15.6 Å². The first-order valence-electron chi connectivity index (χ1n) is 8.20. The van der Waals surface area contributed by atoms with Gasteiger partial charge in [-0.05, 0) is 48.9 Å². The number of hydrogen-bond acceptors (Lipinski definition) is 3. The van der Waals surface area contributed by atoms with E-state index in [-0.39, 0.29) is 21.5 Å². The highest BCUT2D eigenvalue weighted by Gasteiger charge is 2.22. The van der Waals surface area contributed by atoms with Crippen LogP contribution in [0.1, 0.15) is 28.1 Å². The maximum atomic E-state index is 13.6. The first-order valence-corrected chi connectivity index (χ1v) is 9.84. The van der Waals surface area contributed by atoms with Crippen molar-refractivity contribution in [3.63, 3.8) is 0 Å². The van der Waals surface area contributed by atoms with Crippen LogP contribution < -0.4 is 5.32 Å². The Balaban J connectivity index is 1.54. The summed E-state index contributed by atoms with van der Waals surface area (Å²) in [5.74, 6) is -0.625. The highest BCUT2D eigenvalue weighted by molar-refractivity contribution is 7.09. The molecule has 1 aliphatic heterocycles. The van der Waals surface area contributed by atoms with Gasteiger partial charge in [-0.3, -0.25) is 9.69 Å². The van der Waals surface area contributed by atoms with Crippen LogP contribution in [0.5, 0.6) is 0 Å². The molecule has 7 heteroatoms. The van der Waals surface area contributed by atoms with Crippen LogP contribution in [0.2, 0.25) is 10.0 Å². The molecule has 1 amide bonds. The molecule has 1 aliphatic rings. The third-order valence-corrected chi connectivity index (χ3v) is 5.83. The molecule has 2 aromatic rings. The molecule has 1 saturated heterocycles. The number of hydrogen-bond donors (Lipinski definition) is 1. The topological polar surface area (TPSA) is 32.3 Å². The van der Waals surface area contributed by atoms with Gasteiger partial charge in [-0.25, -0.2) is 4.39 Å². The number of likely N-dealkylation sites (tertiary alicyclic amines) is 1. The fourth-order valence-electron chi connectivity index (χ4n) is 3.11. The van der Waals surface area contributed by atoms with Crippen molar-refractivity contribution in [2.45, 2.75) is 19.4 Å². The largest absolute Gasteiger partial charge is 0.352 e. The molecule has 1 unspecified atom stereocenters. The van der Waals surface area contributed by atoms with Crippen LogP contribution in [0.4, 0.5) is 4.39 Å². The average molecular weight is 401 g/mol. The molecule has 0 saturated carbocycles. The van der Waals surface area contributed by atoms with E-state index in [1.165, 1.54) is 10.9 Å². The molecule has 3 nitrogen and oxygen atoms in total. The Bertz CT molecular complexity index is 739. The number of thiophene rings is 1. The van der Waals surface area contributed by atoms with Gasteiger partial charge in [-0.15, -0.1) is 11.3 Å². The summed E-state index contributed by atoms with van der Waals surface area (Å²) in [5.41, 5.74) is 0.120. The minimum atomic E-state index is -0.643. The van der Waals surface area contributed by atoms with Gasteiger partial charge < -0.3 is 5.32 Å². The molecular formula is C18H19Cl2FN2OS. The van der Waals surface area contributed by atoms with Crippen molar-refractivity contribution >= 4 is 40.4 Å². The van der Waals surface area contributed by atoms with E-state index in [0.717, 1.165) is 38.5 Å². The van der Waals surface area contributed by atoms with Gasteiger partial charge in [0, 0.05) is 24.5 Å². The number of carbonyl (C=O) groups is 1. The van der Waals surface area contributed by atoms with Crippen LogP contribution in [-0.2, 0) is 6.54 Å². The second-order valence-electron chi connectivity index (χ2n) is 6.28. The molecule has 2 heterocycles. The molecule has 1 fully saturated rings. The molecule has 0 aliphatic carbocycles. The highest BCUT2D eigenvalue weighted by atomic mass is 35.5. The quantitative estimate of drug-likeness (QED) is 0.728. The normalized spacial score (nSPS) is 18.3. The summed E-state index contributed by atoms with van der Waals surface area (Å²) in [5, 5.41) is 5.04. The summed E-state index contributed by atoms with van der Waals surface area (Å²) in [6, 6.07) is 6.56. The van der Waals surface area contributed by atoms with Gasteiger partial charge in [0.15, 0.2) is 0 Å². The fraction of sp³-hybridized carbons (Fsp3) is 0.389. The predicted octanol–water partition coefficient (Wildman–Crippen LogP) is 4.84. The summed E-state index contributed by atoms with van der Waals surface area (Å²) in [4.78, 5) is 16.1. The Kier molecular flexibility index (Phi) is 6.34. The molecule has 1 aromatic heterocycles. The first-order chi connectivity index (χ1) is 12.0. The Labute approximate surface area is 160 Å². The lowest BCUT2D eigenvalue weighted by atomic mass is 9.98. The van der Waals surface area contributed by atoms with E-state index in [1.807, 2.05) is 0 Å². The minimum Gasteiger partial charge on any atom is -0.352 e. The molecule has 134 valence electrons. The van der Waals surface area contributed by atoms with Gasteiger partial charge >= 0.3 is 0 Å². The zero-order chi connectivity index (χ0) is 17.8. The summed E-state index contributed by atoms with van der Waals surface area (Å²) in [7, 11) is 0. The minimum absolute atomic E-state index is 0.0851. The highest BCUT2D eigenvalue weighted by Crippen LogP contribution is 2.25. The number of halogens is 3. The van der Waals surface area contributed by atoms with Gasteiger partial charge in [0.1, 0.15) is 5.82 Å². The van der Waals surface area contributed by atoms with Crippen molar-refractivity contribution < 1.29 is 9.18 Å². The summed E-state index contributed by atoms with van der Waals surface area (Å²) in [6.07, 6.45) is 2.19. The van der Waals surface area contributed by atoms with Gasteiger partial charge in [-0.1, -0.05) is 29.3 Å². The van der Waals surface area contributed by atoms with Crippen LogP contribution in [0, 0.1) is 11.7 Å². The van der Waals surface area contributed by atoms with Crippen molar-refractivity contribution in [1.29, 1.82) is 0 Å². The van der Waals surface area contributed by atoms with Crippen molar-refractivity contribution in [2.75, 3.05) is 19.6 Å². The molecule has 0 spiro atoms. The Morgan fingerprint density at radius 1 is 1.36 bits per heavy atom. The number of amides is 1. The maximum absolute atomic E-state index is 13.6. The van der Waals surface area contributed by atoms with E-state index in [1.54, 1.807) is 11.3 Å². The molecule has 0 bridgehead atoms. The van der Waals surface area contributed by atoms with Crippen molar-refractivity contribution in [3.05, 3.63) is 55.9 Å².